The lowest BCUT2D eigenvalue weighted by molar-refractivity contribution is -0.116. The summed E-state index contributed by atoms with van der Waals surface area (Å²) in [7, 11) is 0. The van der Waals surface area contributed by atoms with Crippen LogP contribution in [0.3, 0.4) is 0 Å². The minimum absolute atomic E-state index is 0.151. The lowest BCUT2D eigenvalue weighted by atomic mass is 10.2. The van der Waals surface area contributed by atoms with E-state index in [9.17, 15) is 4.79 Å². The standard InChI is InChI=1S/C22H25N5OS/c1-14-4-7-18(8-5-14)26-15(2)12-17(16(26)3)6-11-21(28)23-13-20-24-25-22(29)27(20)19-9-10-19/h4-8,11-12,19H,9-10,13H2,1-3H3,(H,23,28)(H,25,29)/b11-6+. The Hall–Kier alpha value is -2.93. The first-order valence-electron chi connectivity index (χ1n) is 9.81. The maximum absolute atomic E-state index is 12.3. The Morgan fingerprint density at radius 3 is 2.69 bits per heavy atom. The van der Waals surface area contributed by atoms with Crippen LogP contribution in [0, 0.1) is 25.5 Å². The molecule has 0 aliphatic heterocycles. The minimum atomic E-state index is -0.151. The molecule has 1 fully saturated rings. The van der Waals surface area contributed by atoms with Crippen molar-refractivity contribution in [3.8, 4) is 5.69 Å². The normalized spacial score (nSPS) is 13.9. The third-order valence-electron chi connectivity index (χ3n) is 5.29. The van der Waals surface area contributed by atoms with Crippen LogP contribution in [0.25, 0.3) is 11.8 Å². The number of carbonyl (C=O) groups is 1. The van der Waals surface area contributed by atoms with Crippen LogP contribution in [-0.2, 0) is 11.3 Å². The van der Waals surface area contributed by atoms with Gasteiger partial charge in [-0.1, -0.05) is 17.7 Å². The molecule has 0 saturated heterocycles. The maximum atomic E-state index is 12.3. The highest BCUT2D eigenvalue weighted by atomic mass is 32.1. The number of hydrogen-bond donors (Lipinski definition) is 2. The van der Waals surface area contributed by atoms with Crippen molar-refractivity contribution in [3.63, 3.8) is 0 Å². The van der Waals surface area contributed by atoms with Crippen molar-refractivity contribution in [2.45, 2.75) is 46.2 Å². The number of aromatic amines is 1. The van der Waals surface area contributed by atoms with Crippen molar-refractivity contribution in [3.05, 3.63) is 69.5 Å². The van der Waals surface area contributed by atoms with E-state index in [0.29, 0.717) is 17.4 Å². The quantitative estimate of drug-likeness (QED) is 0.472. The van der Waals surface area contributed by atoms with Gasteiger partial charge in [-0.3, -0.25) is 14.5 Å². The lowest BCUT2D eigenvalue weighted by Gasteiger charge is -2.10. The van der Waals surface area contributed by atoms with E-state index in [1.54, 1.807) is 6.08 Å². The molecular formula is C22H25N5OS. The number of carbonyl (C=O) groups excluding carboxylic acids is 1. The summed E-state index contributed by atoms with van der Waals surface area (Å²) in [5.41, 5.74) is 5.61. The van der Waals surface area contributed by atoms with Gasteiger partial charge in [0.05, 0.1) is 6.54 Å². The fourth-order valence-electron chi connectivity index (χ4n) is 3.61. The summed E-state index contributed by atoms with van der Waals surface area (Å²) in [6.07, 6.45) is 5.67. The maximum Gasteiger partial charge on any atom is 0.244 e. The number of aryl methyl sites for hydroxylation is 2. The average Bonchev–Trinajstić information content (AvgIpc) is 3.40. The van der Waals surface area contributed by atoms with Gasteiger partial charge in [-0.15, -0.1) is 0 Å². The molecule has 2 heterocycles. The molecule has 29 heavy (non-hydrogen) atoms. The van der Waals surface area contributed by atoms with Crippen molar-refractivity contribution < 1.29 is 4.79 Å². The third-order valence-corrected chi connectivity index (χ3v) is 5.57. The number of aromatic nitrogens is 4. The van der Waals surface area contributed by atoms with E-state index in [4.69, 9.17) is 12.2 Å². The lowest BCUT2D eigenvalue weighted by Crippen LogP contribution is -2.22. The number of hydrogen-bond acceptors (Lipinski definition) is 3. The van der Waals surface area contributed by atoms with Crippen molar-refractivity contribution in [1.82, 2.24) is 24.6 Å². The van der Waals surface area contributed by atoms with E-state index < -0.39 is 0 Å². The summed E-state index contributed by atoms with van der Waals surface area (Å²) in [5.74, 6) is 0.623. The van der Waals surface area contributed by atoms with Crippen LogP contribution in [0.15, 0.2) is 36.4 Å². The molecule has 150 valence electrons. The molecule has 0 bridgehead atoms. The van der Waals surface area contributed by atoms with E-state index in [1.165, 1.54) is 5.56 Å². The minimum Gasteiger partial charge on any atom is -0.345 e. The Labute approximate surface area is 175 Å². The first-order chi connectivity index (χ1) is 13.9. The molecule has 1 saturated carbocycles. The van der Waals surface area contributed by atoms with Crippen LogP contribution >= 0.6 is 12.2 Å². The number of amides is 1. The largest absolute Gasteiger partial charge is 0.345 e. The van der Waals surface area contributed by atoms with E-state index >= 15 is 0 Å². The first-order valence-corrected chi connectivity index (χ1v) is 10.2. The van der Waals surface area contributed by atoms with E-state index in [2.05, 4.69) is 71.2 Å². The molecule has 2 aromatic heterocycles. The molecule has 1 aliphatic carbocycles. The van der Waals surface area contributed by atoms with Gasteiger partial charge in [0.15, 0.2) is 10.6 Å². The number of H-pyrrole nitrogens is 1. The van der Waals surface area contributed by atoms with Gasteiger partial charge in [0.25, 0.3) is 0 Å². The molecular weight excluding hydrogens is 382 g/mol. The highest BCUT2D eigenvalue weighted by Gasteiger charge is 2.27. The molecule has 0 radical (unpaired) electrons. The van der Waals surface area contributed by atoms with E-state index in [1.807, 2.05) is 10.6 Å². The Morgan fingerprint density at radius 2 is 2.00 bits per heavy atom. The highest BCUT2D eigenvalue weighted by molar-refractivity contribution is 7.71. The Morgan fingerprint density at radius 1 is 1.28 bits per heavy atom. The fourth-order valence-corrected chi connectivity index (χ4v) is 3.91. The summed E-state index contributed by atoms with van der Waals surface area (Å²) < 4.78 is 4.83. The predicted octanol–water partition coefficient (Wildman–Crippen LogP) is 4.32. The highest BCUT2D eigenvalue weighted by Crippen LogP contribution is 2.35. The molecule has 0 spiro atoms. The predicted molar refractivity (Wildman–Crippen MR) is 117 cm³/mol. The molecule has 1 amide bonds. The summed E-state index contributed by atoms with van der Waals surface area (Å²) in [6.45, 7) is 6.58. The van der Waals surface area contributed by atoms with Gasteiger partial charge in [-0.25, -0.2) is 0 Å². The molecule has 0 unspecified atom stereocenters. The summed E-state index contributed by atoms with van der Waals surface area (Å²) in [6, 6.07) is 11.0. The van der Waals surface area contributed by atoms with Crippen LogP contribution in [-0.4, -0.2) is 25.2 Å². The molecule has 4 rings (SSSR count). The zero-order valence-electron chi connectivity index (χ0n) is 16.9. The Bertz CT molecular complexity index is 1130. The number of benzene rings is 1. The molecule has 1 aromatic carbocycles. The molecule has 7 heteroatoms. The number of nitrogens with one attached hydrogen (secondary N) is 2. The SMILES string of the molecule is Cc1ccc(-n2c(C)cc(/C=C/C(=O)NCc3n[nH]c(=S)n3C3CC3)c2C)cc1. The smallest absolute Gasteiger partial charge is 0.244 e. The van der Waals surface area contributed by atoms with Crippen LogP contribution < -0.4 is 5.32 Å². The van der Waals surface area contributed by atoms with Crippen molar-refractivity contribution in [2.24, 2.45) is 0 Å². The van der Waals surface area contributed by atoms with Gasteiger partial charge in [0.2, 0.25) is 5.91 Å². The molecule has 2 N–H and O–H groups in total. The molecule has 3 aromatic rings. The van der Waals surface area contributed by atoms with Gasteiger partial charge in [0, 0.05) is 29.2 Å². The second kappa shape index (κ2) is 7.83. The van der Waals surface area contributed by atoms with Crippen LogP contribution in [0.4, 0.5) is 0 Å². The summed E-state index contributed by atoms with van der Waals surface area (Å²) >= 11 is 5.28. The zero-order chi connectivity index (χ0) is 20.5. The van der Waals surface area contributed by atoms with E-state index in [-0.39, 0.29) is 5.91 Å². The molecule has 0 atom stereocenters. The number of rotatable bonds is 6. The molecule has 1 aliphatic rings. The fraction of sp³-hybridized carbons (Fsp3) is 0.318. The Kier molecular flexibility index (Phi) is 5.24. The van der Waals surface area contributed by atoms with Gasteiger partial charge >= 0.3 is 0 Å². The van der Waals surface area contributed by atoms with Gasteiger partial charge in [-0.05, 0) is 75.7 Å². The van der Waals surface area contributed by atoms with Crippen LogP contribution in [0.2, 0.25) is 0 Å². The van der Waals surface area contributed by atoms with Crippen LogP contribution in [0.1, 0.15) is 47.2 Å². The second-order valence-corrected chi connectivity index (χ2v) is 7.98. The van der Waals surface area contributed by atoms with Crippen molar-refractivity contribution >= 4 is 24.2 Å². The number of nitrogens with zero attached hydrogens (tertiary/aromatic N) is 3. The van der Waals surface area contributed by atoms with Crippen LogP contribution in [0.5, 0.6) is 0 Å². The van der Waals surface area contributed by atoms with Gasteiger partial charge < -0.3 is 9.88 Å². The summed E-state index contributed by atoms with van der Waals surface area (Å²) in [4.78, 5) is 12.3. The Balaban J connectivity index is 1.45. The third kappa shape index (κ3) is 4.10. The van der Waals surface area contributed by atoms with E-state index in [0.717, 1.165) is 41.3 Å². The van der Waals surface area contributed by atoms with Crippen molar-refractivity contribution in [1.29, 1.82) is 0 Å². The first kappa shape index (κ1) is 19.4. The monoisotopic (exact) mass is 407 g/mol. The van der Waals surface area contributed by atoms with Crippen molar-refractivity contribution in [2.75, 3.05) is 0 Å². The topological polar surface area (TPSA) is 67.6 Å². The summed E-state index contributed by atoms with van der Waals surface area (Å²) in [5, 5.41) is 9.96. The zero-order valence-corrected chi connectivity index (χ0v) is 17.7. The second-order valence-electron chi connectivity index (χ2n) is 7.59. The van der Waals surface area contributed by atoms with Gasteiger partial charge in [0.1, 0.15) is 0 Å². The average molecular weight is 408 g/mol. The molecule has 6 nitrogen and oxygen atoms in total. The van der Waals surface area contributed by atoms with Gasteiger partial charge in [-0.2, -0.15) is 5.10 Å².